The fourth-order valence-corrected chi connectivity index (χ4v) is 1.19. The van der Waals surface area contributed by atoms with E-state index in [9.17, 15) is 10.1 Å². The summed E-state index contributed by atoms with van der Waals surface area (Å²) < 4.78 is 10.00. The number of rotatable bonds is 8. The van der Waals surface area contributed by atoms with Crippen molar-refractivity contribution < 1.29 is 14.4 Å². The number of hydrogen-bond acceptors (Lipinski definition) is 8. The summed E-state index contributed by atoms with van der Waals surface area (Å²) >= 11 is 0. The van der Waals surface area contributed by atoms with E-state index in [-0.39, 0.29) is 17.3 Å². The smallest absolute Gasteiger partial charge is 0.352 e. The van der Waals surface area contributed by atoms with Crippen molar-refractivity contribution in [3.05, 3.63) is 16.4 Å². The monoisotopic (exact) mass is 257 g/mol. The van der Waals surface area contributed by atoms with Crippen LogP contribution in [-0.2, 0) is 9.47 Å². The Bertz CT molecular complexity index is 401. The number of nitrogens with zero attached hydrogens (tertiary/aromatic N) is 3. The summed E-state index contributed by atoms with van der Waals surface area (Å²) in [4.78, 5) is 17.5. The topological polar surface area (TPSA) is 125 Å². The van der Waals surface area contributed by atoms with Crippen molar-refractivity contribution in [2.45, 2.75) is 0 Å². The van der Waals surface area contributed by atoms with Gasteiger partial charge in [0.15, 0.2) is 0 Å². The fourth-order valence-electron chi connectivity index (χ4n) is 1.19. The zero-order valence-corrected chi connectivity index (χ0v) is 9.96. The van der Waals surface area contributed by atoms with E-state index in [1.54, 1.807) is 7.11 Å². The molecule has 1 aromatic heterocycles. The van der Waals surface area contributed by atoms with E-state index in [1.807, 2.05) is 0 Å². The number of nitro groups is 1. The molecule has 0 fully saturated rings. The number of nitrogens with one attached hydrogen (secondary N) is 1. The molecule has 0 saturated heterocycles. The van der Waals surface area contributed by atoms with E-state index in [0.29, 0.717) is 26.4 Å². The first kappa shape index (κ1) is 14.1. The second-order valence-corrected chi connectivity index (χ2v) is 3.25. The number of ether oxygens (including phenoxy) is 2. The molecule has 0 atom stereocenters. The summed E-state index contributed by atoms with van der Waals surface area (Å²) in [5.41, 5.74) is 5.09. The molecule has 0 bridgehead atoms. The largest absolute Gasteiger partial charge is 0.382 e. The van der Waals surface area contributed by atoms with E-state index in [0.717, 1.165) is 6.33 Å². The van der Waals surface area contributed by atoms with Crippen molar-refractivity contribution in [1.29, 1.82) is 0 Å². The molecular weight excluding hydrogens is 242 g/mol. The maximum atomic E-state index is 10.8. The van der Waals surface area contributed by atoms with Crippen molar-refractivity contribution >= 4 is 17.3 Å². The van der Waals surface area contributed by atoms with Gasteiger partial charge < -0.3 is 20.5 Å². The highest BCUT2D eigenvalue weighted by atomic mass is 16.6. The van der Waals surface area contributed by atoms with Gasteiger partial charge in [-0.05, 0) is 0 Å². The summed E-state index contributed by atoms with van der Waals surface area (Å²) in [6.45, 7) is 1.72. The van der Waals surface area contributed by atoms with Gasteiger partial charge in [-0.3, -0.25) is 10.1 Å². The van der Waals surface area contributed by atoms with E-state index in [4.69, 9.17) is 15.2 Å². The van der Waals surface area contributed by atoms with Crippen LogP contribution in [0, 0.1) is 10.1 Å². The van der Waals surface area contributed by atoms with Crippen LogP contribution in [0.4, 0.5) is 17.3 Å². The molecule has 3 N–H and O–H groups in total. The Morgan fingerprint density at radius 2 is 2.22 bits per heavy atom. The maximum Gasteiger partial charge on any atom is 0.352 e. The third-order valence-corrected chi connectivity index (χ3v) is 2.00. The van der Waals surface area contributed by atoms with Gasteiger partial charge in [-0.1, -0.05) is 0 Å². The minimum absolute atomic E-state index is 0.0860. The lowest BCUT2D eigenvalue weighted by Crippen LogP contribution is -2.14. The first-order valence-corrected chi connectivity index (χ1v) is 5.22. The minimum atomic E-state index is -0.622. The molecule has 0 aliphatic carbocycles. The average molecular weight is 257 g/mol. The van der Waals surface area contributed by atoms with Crippen LogP contribution >= 0.6 is 0 Å². The summed E-state index contributed by atoms with van der Waals surface area (Å²) in [5, 5.41) is 13.5. The van der Waals surface area contributed by atoms with Gasteiger partial charge >= 0.3 is 5.69 Å². The molecule has 0 unspecified atom stereocenters. The molecule has 0 aromatic carbocycles. The third-order valence-electron chi connectivity index (χ3n) is 2.00. The number of methoxy groups -OCH3 is 1. The van der Waals surface area contributed by atoms with Crippen LogP contribution in [0.2, 0.25) is 0 Å². The third kappa shape index (κ3) is 4.11. The Morgan fingerprint density at radius 1 is 1.44 bits per heavy atom. The first-order valence-electron chi connectivity index (χ1n) is 5.22. The molecule has 100 valence electrons. The van der Waals surface area contributed by atoms with Crippen molar-refractivity contribution in [2.75, 3.05) is 44.5 Å². The molecule has 0 saturated carbocycles. The molecule has 0 aliphatic heterocycles. The molecule has 1 heterocycles. The predicted octanol–water partition coefficient (Wildman–Crippen LogP) is 0.0419. The highest BCUT2D eigenvalue weighted by molar-refractivity contribution is 5.67. The van der Waals surface area contributed by atoms with E-state index in [2.05, 4.69) is 15.3 Å². The molecule has 18 heavy (non-hydrogen) atoms. The van der Waals surface area contributed by atoms with Crippen LogP contribution in [0.1, 0.15) is 0 Å². The van der Waals surface area contributed by atoms with Gasteiger partial charge in [-0.15, -0.1) is 0 Å². The lowest BCUT2D eigenvalue weighted by Gasteiger charge is -2.07. The molecule has 9 heteroatoms. The quantitative estimate of drug-likeness (QED) is 0.380. The summed E-state index contributed by atoms with van der Waals surface area (Å²) in [5.74, 6) is -0.0827. The summed E-state index contributed by atoms with van der Waals surface area (Å²) in [6.07, 6.45) is 1.16. The zero-order valence-electron chi connectivity index (χ0n) is 9.96. The average Bonchev–Trinajstić information content (AvgIpc) is 2.33. The van der Waals surface area contributed by atoms with Crippen LogP contribution in [0.3, 0.4) is 0 Å². The number of aromatic nitrogens is 2. The number of anilines is 2. The Hall–Kier alpha value is -2.00. The zero-order chi connectivity index (χ0) is 13.4. The Kier molecular flexibility index (Phi) is 5.74. The van der Waals surface area contributed by atoms with E-state index in [1.165, 1.54) is 0 Å². The first-order chi connectivity index (χ1) is 8.66. The van der Waals surface area contributed by atoms with Crippen LogP contribution in [0.5, 0.6) is 0 Å². The Labute approximate surface area is 103 Å². The predicted molar refractivity (Wildman–Crippen MR) is 64.3 cm³/mol. The van der Waals surface area contributed by atoms with Crippen molar-refractivity contribution in [3.63, 3.8) is 0 Å². The van der Waals surface area contributed by atoms with Crippen LogP contribution in [0.25, 0.3) is 0 Å². The number of nitrogen functional groups attached to an aromatic ring is 1. The van der Waals surface area contributed by atoms with Crippen molar-refractivity contribution in [1.82, 2.24) is 9.97 Å². The van der Waals surface area contributed by atoms with Gasteiger partial charge in [0.2, 0.25) is 11.6 Å². The van der Waals surface area contributed by atoms with Crippen LogP contribution < -0.4 is 11.1 Å². The molecular formula is C9H15N5O4. The van der Waals surface area contributed by atoms with Crippen LogP contribution in [0.15, 0.2) is 6.33 Å². The molecule has 0 radical (unpaired) electrons. The highest BCUT2D eigenvalue weighted by Gasteiger charge is 2.20. The van der Waals surface area contributed by atoms with Gasteiger partial charge in [0.1, 0.15) is 6.33 Å². The molecule has 0 aliphatic rings. The standard InChI is InChI=1S/C9H15N5O4/c1-17-4-5-18-3-2-11-9-7(14(15)16)8(10)12-6-13-9/h6H,2-5H2,1H3,(H3,10,11,12,13). The number of nitrogens with two attached hydrogens (primary N) is 1. The lowest BCUT2D eigenvalue weighted by atomic mass is 10.4. The highest BCUT2D eigenvalue weighted by Crippen LogP contribution is 2.25. The van der Waals surface area contributed by atoms with E-state index >= 15 is 0 Å². The van der Waals surface area contributed by atoms with Crippen LogP contribution in [-0.4, -0.2) is 48.4 Å². The minimum Gasteiger partial charge on any atom is -0.382 e. The molecule has 9 nitrogen and oxygen atoms in total. The van der Waals surface area contributed by atoms with Gasteiger partial charge in [0.25, 0.3) is 0 Å². The van der Waals surface area contributed by atoms with Gasteiger partial charge in [-0.2, -0.15) is 0 Å². The Morgan fingerprint density at radius 3 is 2.89 bits per heavy atom. The van der Waals surface area contributed by atoms with Gasteiger partial charge in [0, 0.05) is 13.7 Å². The van der Waals surface area contributed by atoms with Gasteiger partial charge in [0.05, 0.1) is 24.7 Å². The summed E-state index contributed by atoms with van der Waals surface area (Å²) in [6, 6.07) is 0. The molecule has 0 amide bonds. The van der Waals surface area contributed by atoms with Gasteiger partial charge in [-0.25, -0.2) is 9.97 Å². The van der Waals surface area contributed by atoms with E-state index < -0.39 is 4.92 Å². The molecule has 1 rings (SSSR count). The summed E-state index contributed by atoms with van der Waals surface area (Å²) in [7, 11) is 1.58. The second-order valence-electron chi connectivity index (χ2n) is 3.25. The Balaban J connectivity index is 2.47. The normalized spacial score (nSPS) is 10.3. The molecule has 0 spiro atoms. The lowest BCUT2D eigenvalue weighted by molar-refractivity contribution is -0.383. The van der Waals surface area contributed by atoms with Crippen molar-refractivity contribution in [2.24, 2.45) is 0 Å². The second kappa shape index (κ2) is 7.35. The number of hydrogen-bond donors (Lipinski definition) is 2. The molecule has 1 aromatic rings. The fraction of sp³-hybridized carbons (Fsp3) is 0.556. The van der Waals surface area contributed by atoms with Crippen molar-refractivity contribution in [3.8, 4) is 0 Å². The SMILES string of the molecule is COCCOCCNc1ncnc(N)c1[N+](=O)[O-]. The maximum absolute atomic E-state index is 10.8.